The summed E-state index contributed by atoms with van der Waals surface area (Å²) in [4.78, 5) is 8.46. The number of amidine groups is 1. The summed E-state index contributed by atoms with van der Waals surface area (Å²) < 4.78 is 0. The maximum atomic E-state index is 5.69. The van der Waals surface area contributed by atoms with Crippen LogP contribution in [-0.2, 0) is 0 Å². The normalized spacial score (nSPS) is 18.0. The third-order valence-electron chi connectivity index (χ3n) is 8.81. The topological polar surface area (TPSA) is 27.6 Å². The summed E-state index contributed by atoms with van der Waals surface area (Å²) in [5.41, 5.74) is 5.43. The molecule has 0 aromatic heterocycles. The monoisotopic (exact) mass is 527 g/mol. The first-order chi connectivity index (χ1) is 18.7. The summed E-state index contributed by atoms with van der Waals surface area (Å²) >= 11 is 0. The van der Waals surface area contributed by atoms with Crippen molar-refractivity contribution in [3.8, 4) is 0 Å². The van der Waals surface area contributed by atoms with Crippen LogP contribution in [0, 0.1) is 5.41 Å². The number of benzene rings is 2. The van der Waals surface area contributed by atoms with E-state index in [9.17, 15) is 0 Å². The highest BCUT2D eigenvalue weighted by atomic mass is 15.2. The van der Waals surface area contributed by atoms with Gasteiger partial charge in [-0.2, -0.15) is 0 Å². The first-order valence-electron chi connectivity index (χ1n) is 16.0. The highest BCUT2D eigenvalue weighted by Gasteiger charge is 2.40. The Hall–Kier alpha value is -2.23. The molecule has 0 aliphatic heterocycles. The third-order valence-corrected chi connectivity index (χ3v) is 8.81. The largest absolute Gasteiger partial charge is 0.409 e. The lowest BCUT2D eigenvalue weighted by Crippen LogP contribution is -2.63. The minimum atomic E-state index is -0.0396. The van der Waals surface area contributed by atoms with Crippen LogP contribution in [0.15, 0.2) is 53.5 Å². The second kappa shape index (κ2) is 13.4. The summed E-state index contributed by atoms with van der Waals surface area (Å²) in [6.45, 7) is 16.5. The molecule has 2 aromatic rings. The lowest BCUT2D eigenvalue weighted by molar-refractivity contribution is 0.307. The molecular formula is C35H54BN3. The van der Waals surface area contributed by atoms with Crippen LogP contribution in [0.1, 0.15) is 136 Å². The number of para-hydroxylation sites is 1. The van der Waals surface area contributed by atoms with Gasteiger partial charge in [-0.15, -0.1) is 0 Å². The summed E-state index contributed by atoms with van der Waals surface area (Å²) in [5, 5.41) is 4.23. The van der Waals surface area contributed by atoms with E-state index in [1.165, 1.54) is 92.3 Å². The molecule has 0 heterocycles. The van der Waals surface area contributed by atoms with E-state index in [2.05, 4.69) is 107 Å². The van der Waals surface area contributed by atoms with Crippen LogP contribution in [0.25, 0.3) is 0 Å². The molecule has 0 bridgehead atoms. The van der Waals surface area contributed by atoms with E-state index in [-0.39, 0.29) is 12.4 Å². The maximum Gasteiger partial charge on any atom is 0.409 e. The number of hydrogen-bond donors (Lipinski definition) is 1. The van der Waals surface area contributed by atoms with Crippen molar-refractivity contribution in [1.29, 1.82) is 0 Å². The van der Waals surface area contributed by atoms with Crippen LogP contribution < -0.4 is 10.7 Å². The van der Waals surface area contributed by atoms with Gasteiger partial charge < -0.3 is 10.0 Å². The lowest BCUT2D eigenvalue weighted by Gasteiger charge is -2.46. The van der Waals surface area contributed by atoms with Crippen LogP contribution in [0.3, 0.4) is 0 Å². The molecular weight excluding hydrogens is 473 g/mol. The van der Waals surface area contributed by atoms with Gasteiger partial charge in [0.25, 0.3) is 0 Å². The van der Waals surface area contributed by atoms with Crippen molar-refractivity contribution in [2.75, 3.05) is 5.23 Å². The molecule has 1 N–H and O–H groups in total. The van der Waals surface area contributed by atoms with E-state index in [4.69, 9.17) is 4.99 Å². The van der Waals surface area contributed by atoms with Crippen molar-refractivity contribution in [3.05, 3.63) is 59.7 Å². The molecule has 0 saturated heterocycles. The van der Waals surface area contributed by atoms with Crippen LogP contribution in [0.2, 0.25) is 0 Å². The number of nitrogens with one attached hydrogen (secondary N) is 1. The Kier molecular flexibility index (Phi) is 10.2. The lowest BCUT2D eigenvalue weighted by atomic mass is 9.62. The molecule has 0 spiro atoms. The van der Waals surface area contributed by atoms with E-state index >= 15 is 0 Å². The van der Waals surface area contributed by atoms with E-state index in [0.29, 0.717) is 23.9 Å². The molecule has 0 atom stereocenters. The Morgan fingerprint density at radius 3 is 1.82 bits per heavy atom. The van der Waals surface area contributed by atoms with Gasteiger partial charge in [0.05, 0.1) is 11.9 Å². The van der Waals surface area contributed by atoms with Gasteiger partial charge in [-0.1, -0.05) is 136 Å². The summed E-state index contributed by atoms with van der Waals surface area (Å²) in [5.74, 6) is 2.20. The molecule has 39 heavy (non-hydrogen) atoms. The van der Waals surface area contributed by atoms with Crippen LogP contribution in [0.4, 0.5) is 5.69 Å². The van der Waals surface area contributed by atoms with E-state index < -0.39 is 0 Å². The second-order valence-corrected chi connectivity index (χ2v) is 13.8. The van der Waals surface area contributed by atoms with Gasteiger partial charge >= 0.3 is 6.98 Å². The molecule has 3 nitrogen and oxygen atoms in total. The fourth-order valence-electron chi connectivity index (χ4n) is 6.70. The second-order valence-electron chi connectivity index (χ2n) is 13.8. The highest BCUT2D eigenvalue weighted by molar-refractivity contribution is 6.76. The van der Waals surface area contributed by atoms with Crippen LogP contribution >= 0.6 is 0 Å². The Morgan fingerprint density at radius 2 is 1.31 bits per heavy atom. The maximum absolute atomic E-state index is 5.69. The zero-order chi connectivity index (χ0) is 28.0. The van der Waals surface area contributed by atoms with Crippen molar-refractivity contribution in [3.63, 3.8) is 0 Å². The predicted octanol–water partition coefficient (Wildman–Crippen LogP) is 9.15. The fourth-order valence-corrected chi connectivity index (χ4v) is 6.70. The van der Waals surface area contributed by atoms with Gasteiger partial charge in [-0.25, -0.2) is 0 Å². The zero-order valence-corrected chi connectivity index (χ0v) is 26.0. The zero-order valence-electron chi connectivity index (χ0n) is 26.0. The van der Waals surface area contributed by atoms with Gasteiger partial charge in [0.1, 0.15) is 0 Å². The number of anilines is 1. The minimum absolute atomic E-state index is 0.0354. The quantitative estimate of drug-likeness (QED) is 0.211. The average molecular weight is 528 g/mol. The smallest absolute Gasteiger partial charge is 0.405 e. The van der Waals surface area contributed by atoms with Gasteiger partial charge in [0.15, 0.2) is 0 Å². The Balaban J connectivity index is 1.90. The predicted molar refractivity (Wildman–Crippen MR) is 173 cm³/mol. The summed E-state index contributed by atoms with van der Waals surface area (Å²) in [7, 11) is 0. The van der Waals surface area contributed by atoms with Crippen LogP contribution in [0.5, 0.6) is 0 Å². The molecule has 2 aromatic carbocycles. The highest BCUT2D eigenvalue weighted by Crippen LogP contribution is 2.35. The Morgan fingerprint density at radius 1 is 0.769 bits per heavy atom. The van der Waals surface area contributed by atoms with Gasteiger partial charge in [-0.05, 0) is 54.1 Å². The van der Waals surface area contributed by atoms with Gasteiger partial charge in [0, 0.05) is 17.1 Å². The van der Waals surface area contributed by atoms with E-state index in [1.807, 2.05) is 0 Å². The molecule has 0 radical (unpaired) electrons. The SMILES string of the molecule is CC(C)c1cccc(C(C)C)c1NB(c1ccccc1)N(C(=NC1CCCCC1)C(C)(C)C)C1CCCCC1. The van der Waals surface area contributed by atoms with Crippen molar-refractivity contribution in [2.24, 2.45) is 10.4 Å². The summed E-state index contributed by atoms with van der Waals surface area (Å²) in [6.07, 6.45) is 12.9. The molecule has 2 aliphatic carbocycles. The number of rotatable bonds is 8. The molecule has 212 valence electrons. The molecule has 4 rings (SSSR count). The molecule has 0 amide bonds. The molecule has 0 unspecified atom stereocenters. The van der Waals surface area contributed by atoms with Crippen molar-refractivity contribution < 1.29 is 0 Å². The number of hydrogen-bond acceptors (Lipinski definition) is 2. The molecule has 4 heteroatoms. The summed E-state index contributed by atoms with van der Waals surface area (Å²) in [6, 6.07) is 19.0. The molecule has 2 aliphatic rings. The van der Waals surface area contributed by atoms with Gasteiger partial charge in [-0.3, -0.25) is 4.99 Å². The van der Waals surface area contributed by atoms with E-state index in [0.717, 1.165) is 0 Å². The Labute approximate surface area is 240 Å². The molecule has 2 fully saturated rings. The van der Waals surface area contributed by atoms with Gasteiger partial charge in [0.2, 0.25) is 0 Å². The minimum Gasteiger partial charge on any atom is -0.405 e. The average Bonchev–Trinajstić information content (AvgIpc) is 2.93. The van der Waals surface area contributed by atoms with Crippen LogP contribution in [-0.4, -0.2) is 29.7 Å². The Bertz CT molecular complexity index is 1030. The standard InChI is InChI=1S/C35H54BN3/c1-26(2)31-24-17-25-32(27(3)4)33(31)38-36(28-18-11-8-12-19-28)39(30-22-15-10-16-23-30)34(35(5,6)7)37-29-20-13-9-14-21-29/h8,11-12,17-19,24-27,29-30,38H,9-10,13-16,20-23H2,1-7H3. The number of aliphatic imine (C=N–C) groups is 1. The van der Waals surface area contributed by atoms with Crippen molar-refractivity contribution >= 4 is 24.0 Å². The van der Waals surface area contributed by atoms with Crippen molar-refractivity contribution in [1.82, 2.24) is 4.81 Å². The molecule has 2 saturated carbocycles. The first-order valence-corrected chi connectivity index (χ1v) is 16.0. The third kappa shape index (κ3) is 7.50. The van der Waals surface area contributed by atoms with E-state index in [1.54, 1.807) is 0 Å². The fraction of sp³-hybridized carbons (Fsp3) is 0.629. The van der Waals surface area contributed by atoms with Crippen molar-refractivity contribution in [2.45, 2.75) is 137 Å². The number of nitrogens with zero attached hydrogens (tertiary/aromatic N) is 2. The first kappa shape index (κ1) is 29.8.